The Hall–Kier alpha value is -2.62. The first-order valence-corrected chi connectivity index (χ1v) is 8.91. The van der Waals surface area contributed by atoms with Crippen LogP contribution < -0.4 is 5.32 Å². The van der Waals surface area contributed by atoms with Gasteiger partial charge in [0.05, 0.1) is 0 Å². The van der Waals surface area contributed by atoms with Crippen LogP contribution in [-0.2, 0) is 0 Å². The first kappa shape index (κ1) is 17.2. The number of nitrogens with zero attached hydrogens (tertiary/aromatic N) is 1. The molecular formula is C21H24N2O2. The molecule has 1 aliphatic heterocycles. The van der Waals surface area contributed by atoms with E-state index in [1.54, 1.807) is 12.1 Å². The molecule has 130 valence electrons. The van der Waals surface area contributed by atoms with Gasteiger partial charge in [-0.15, -0.1) is 0 Å². The molecule has 0 unspecified atom stereocenters. The fourth-order valence-corrected chi connectivity index (χ4v) is 3.18. The predicted octanol–water partition coefficient (Wildman–Crippen LogP) is 4.26. The molecule has 1 saturated heterocycles. The topological polar surface area (TPSA) is 49.4 Å². The number of aryl methyl sites for hydroxylation is 1. The Morgan fingerprint density at radius 3 is 2.28 bits per heavy atom. The van der Waals surface area contributed by atoms with Crippen LogP contribution in [0.25, 0.3) is 0 Å². The summed E-state index contributed by atoms with van der Waals surface area (Å²) >= 11 is 0. The van der Waals surface area contributed by atoms with Gasteiger partial charge < -0.3 is 10.2 Å². The lowest BCUT2D eigenvalue weighted by molar-refractivity contribution is 0.0761. The summed E-state index contributed by atoms with van der Waals surface area (Å²) in [4.78, 5) is 27.0. The minimum Gasteiger partial charge on any atom is -0.339 e. The van der Waals surface area contributed by atoms with Crippen molar-refractivity contribution in [2.24, 2.45) is 0 Å². The lowest BCUT2D eigenvalue weighted by Gasteiger charge is -2.20. The summed E-state index contributed by atoms with van der Waals surface area (Å²) in [6.07, 6.45) is 4.51. The molecule has 1 fully saturated rings. The third-order valence-corrected chi connectivity index (χ3v) is 4.54. The Morgan fingerprint density at radius 2 is 1.56 bits per heavy atom. The molecule has 1 N–H and O–H groups in total. The van der Waals surface area contributed by atoms with E-state index in [0.717, 1.165) is 31.5 Å². The highest BCUT2D eigenvalue weighted by Crippen LogP contribution is 2.17. The maximum absolute atomic E-state index is 12.7. The van der Waals surface area contributed by atoms with Crippen molar-refractivity contribution in [1.29, 1.82) is 0 Å². The highest BCUT2D eigenvalue weighted by atomic mass is 16.2. The average Bonchev–Trinajstić information content (AvgIpc) is 2.90. The van der Waals surface area contributed by atoms with E-state index in [-0.39, 0.29) is 11.8 Å². The second-order valence-electron chi connectivity index (χ2n) is 6.61. The molecular weight excluding hydrogens is 312 g/mol. The second kappa shape index (κ2) is 7.97. The van der Waals surface area contributed by atoms with Gasteiger partial charge in [-0.3, -0.25) is 9.59 Å². The van der Waals surface area contributed by atoms with Crippen molar-refractivity contribution < 1.29 is 9.59 Å². The summed E-state index contributed by atoms with van der Waals surface area (Å²) in [5, 5.41) is 2.89. The van der Waals surface area contributed by atoms with Gasteiger partial charge in [-0.05, 0) is 50.1 Å². The third-order valence-electron chi connectivity index (χ3n) is 4.54. The van der Waals surface area contributed by atoms with E-state index < -0.39 is 0 Å². The quantitative estimate of drug-likeness (QED) is 0.910. The number of hydrogen-bond donors (Lipinski definition) is 1. The number of amides is 2. The number of carbonyl (C=O) groups excluding carboxylic acids is 2. The van der Waals surface area contributed by atoms with Gasteiger partial charge in [0.1, 0.15) is 0 Å². The molecule has 0 saturated carbocycles. The van der Waals surface area contributed by atoms with Gasteiger partial charge in [0.25, 0.3) is 11.8 Å². The third kappa shape index (κ3) is 4.47. The van der Waals surface area contributed by atoms with E-state index in [9.17, 15) is 9.59 Å². The van der Waals surface area contributed by atoms with Gasteiger partial charge in [0.2, 0.25) is 0 Å². The van der Waals surface area contributed by atoms with E-state index in [1.807, 2.05) is 48.2 Å². The van der Waals surface area contributed by atoms with E-state index in [1.165, 1.54) is 12.8 Å². The molecule has 3 rings (SSSR count). The fourth-order valence-electron chi connectivity index (χ4n) is 3.18. The van der Waals surface area contributed by atoms with E-state index in [4.69, 9.17) is 0 Å². The Balaban J connectivity index is 1.72. The standard InChI is InChI=1S/C21H24N2O2/c1-16-8-6-9-17(14-16)20(24)22-19-11-7-10-18(15-19)21(25)23-12-4-2-3-5-13-23/h6-11,14-15H,2-5,12-13H2,1H3,(H,22,24). The minimum absolute atomic E-state index is 0.0496. The summed E-state index contributed by atoms with van der Waals surface area (Å²) in [7, 11) is 0. The van der Waals surface area contributed by atoms with Crippen LogP contribution in [-0.4, -0.2) is 29.8 Å². The van der Waals surface area contributed by atoms with Crippen LogP contribution in [0.2, 0.25) is 0 Å². The van der Waals surface area contributed by atoms with Crippen LogP contribution in [0.4, 0.5) is 5.69 Å². The minimum atomic E-state index is -0.164. The van der Waals surface area contributed by atoms with Gasteiger partial charge in [-0.2, -0.15) is 0 Å². The summed E-state index contributed by atoms with van der Waals surface area (Å²) in [5.41, 5.74) is 2.93. The first-order valence-electron chi connectivity index (χ1n) is 8.91. The normalized spacial score (nSPS) is 14.7. The number of benzene rings is 2. The lowest BCUT2D eigenvalue weighted by atomic mass is 10.1. The number of anilines is 1. The maximum atomic E-state index is 12.7. The molecule has 4 heteroatoms. The van der Waals surface area contributed by atoms with Gasteiger partial charge in [0.15, 0.2) is 0 Å². The first-order chi connectivity index (χ1) is 12.1. The van der Waals surface area contributed by atoms with Gasteiger partial charge in [0, 0.05) is 29.9 Å². The van der Waals surface area contributed by atoms with Crippen LogP contribution in [0.1, 0.15) is 52.0 Å². The molecule has 2 amide bonds. The number of carbonyl (C=O) groups is 2. The zero-order valence-electron chi connectivity index (χ0n) is 14.6. The maximum Gasteiger partial charge on any atom is 0.255 e. The van der Waals surface area contributed by atoms with Crippen LogP contribution >= 0.6 is 0 Å². The molecule has 1 heterocycles. The van der Waals surface area contributed by atoms with Crippen LogP contribution in [0, 0.1) is 6.92 Å². The van der Waals surface area contributed by atoms with Crippen LogP contribution in [0.3, 0.4) is 0 Å². The van der Waals surface area contributed by atoms with Crippen molar-refractivity contribution in [2.75, 3.05) is 18.4 Å². The largest absolute Gasteiger partial charge is 0.339 e. The van der Waals surface area contributed by atoms with E-state index in [2.05, 4.69) is 5.32 Å². The van der Waals surface area contributed by atoms with Crippen molar-refractivity contribution >= 4 is 17.5 Å². The Morgan fingerprint density at radius 1 is 0.880 bits per heavy atom. The van der Waals surface area contributed by atoms with Gasteiger partial charge >= 0.3 is 0 Å². The Kier molecular flexibility index (Phi) is 5.49. The smallest absolute Gasteiger partial charge is 0.255 e. The fraction of sp³-hybridized carbons (Fsp3) is 0.333. The predicted molar refractivity (Wildman–Crippen MR) is 99.9 cm³/mol. The van der Waals surface area contributed by atoms with E-state index >= 15 is 0 Å². The molecule has 0 radical (unpaired) electrons. The second-order valence-corrected chi connectivity index (χ2v) is 6.61. The highest BCUT2D eigenvalue weighted by Gasteiger charge is 2.17. The highest BCUT2D eigenvalue weighted by molar-refractivity contribution is 6.05. The summed E-state index contributed by atoms with van der Waals surface area (Å²) in [6, 6.07) is 14.7. The number of rotatable bonds is 3. The Labute approximate surface area is 148 Å². The SMILES string of the molecule is Cc1cccc(C(=O)Nc2cccc(C(=O)N3CCCCCC3)c2)c1. The molecule has 2 aromatic carbocycles. The van der Waals surface area contributed by atoms with Crippen molar-refractivity contribution in [3.05, 3.63) is 65.2 Å². The molecule has 2 aromatic rings. The average molecular weight is 336 g/mol. The summed E-state index contributed by atoms with van der Waals surface area (Å²) in [5.74, 6) is -0.114. The monoisotopic (exact) mass is 336 g/mol. The lowest BCUT2D eigenvalue weighted by Crippen LogP contribution is -2.31. The number of hydrogen-bond acceptors (Lipinski definition) is 2. The van der Waals surface area contributed by atoms with Crippen molar-refractivity contribution in [1.82, 2.24) is 4.90 Å². The molecule has 0 bridgehead atoms. The molecule has 0 atom stereocenters. The molecule has 0 spiro atoms. The van der Waals surface area contributed by atoms with Crippen LogP contribution in [0.15, 0.2) is 48.5 Å². The molecule has 1 aliphatic rings. The Bertz CT molecular complexity index is 762. The number of nitrogens with one attached hydrogen (secondary N) is 1. The van der Waals surface area contributed by atoms with Crippen molar-refractivity contribution in [3.8, 4) is 0 Å². The zero-order valence-corrected chi connectivity index (χ0v) is 14.6. The summed E-state index contributed by atoms with van der Waals surface area (Å²) in [6.45, 7) is 3.59. The number of likely N-dealkylation sites (tertiary alicyclic amines) is 1. The molecule has 4 nitrogen and oxygen atoms in total. The van der Waals surface area contributed by atoms with Crippen LogP contribution in [0.5, 0.6) is 0 Å². The van der Waals surface area contributed by atoms with Gasteiger partial charge in [-0.25, -0.2) is 0 Å². The van der Waals surface area contributed by atoms with E-state index in [0.29, 0.717) is 16.8 Å². The van der Waals surface area contributed by atoms with Gasteiger partial charge in [-0.1, -0.05) is 36.6 Å². The molecule has 25 heavy (non-hydrogen) atoms. The zero-order chi connectivity index (χ0) is 17.6. The molecule has 0 aliphatic carbocycles. The molecule has 0 aromatic heterocycles. The van der Waals surface area contributed by atoms with Crippen molar-refractivity contribution in [2.45, 2.75) is 32.6 Å². The summed E-state index contributed by atoms with van der Waals surface area (Å²) < 4.78 is 0. The van der Waals surface area contributed by atoms with Crippen molar-refractivity contribution in [3.63, 3.8) is 0 Å².